The average molecular weight is 390 g/mol. The number of carbonyl (C=O) groups excluding carboxylic acids is 1. The Morgan fingerprint density at radius 2 is 1.92 bits per heavy atom. The van der Waals surface area contributed by atoms with E-state index in [-0.39, 0.29) is 30.1 Å². The van der Waals surface area contributed by atoms with Gasteiger partial charge in [-0.2, -0.15) is 0 Å². The molecule has 1 aliphatic rings. The number of nitrogens with zero attached hydrogens (tertiary/aromatic N) is 1. The number of sulfonamides is 1. The second kappa shape index (κ2) is 9.99. The van der Waals surface area contributed by atoms with Crippen molar-refractivity contribution in [3.63, 3.8) is 0 Å². The van der Waals surface area contributed by atoms with Crippen molar-refractivity contribution < 1.29 is 13.2 Å². The molecule has 0 bridgehead atoms. The minimum atomic E-state index is -3.31. The Balaban J connectivity index is 0.00000312. The molecule has 1 saturated heterocycles. The van der Waals surface area contributed by atoms with E-state index in [0.29, 0.717) is 17.7 Å². The molecule has 1 amide bonds. The quantitative estimate of drug-likeness (QED) is 0.715. The fraction of sp³-hybridized carbons (Fsp3) is 0.588. The number of nitrogens with one attached hydrogen (secondary N) is 2. The fourth-order valence-electron chi connectivity index (χ4n) is 2.94. The monoisotopic (exact) mass is 389 g/mol. The molecule has 142 valence electrons. The Labute approximate surface area is 156 Å². The zero-order valence-electron chi connectivity index (χ0n) is 14.8. The van der Waals surface area contributed by atoms with Gasteiger partial charge in [0.1, 0.15) is 0 Å². The van der Waals surface area contributed by atoms with Crippen molar-refractivity contribution in [2.75, 3.05) is 30.1 Å². The van der Waals surface area contributed by atoms with E-state index >= 15 is 0 Å². The number of halogens is 1. The third kappa shape index (κ3) is 6.17. The van der Waals surface area contributed by atoms with Crippen molar-refractivity contribution in [3.05, 3.63) is 29.8 Å². The average Bonchev–Trinajstić information content (AvgIpc) is 3.06. The molecular formula is C17H28ClN3O3S. The molecular weight excluding hydrogens is 362 g/mol. The first kappa shape index (κ1) is 21.7. The van der Waals surface area contributed by atoms with Crippen LogP contribution >= 0.6 is 12.4 Å². The minimum Gasteiger partial charge on any atom is -0.334 e. The van der Waals surface area contributed by atoms with Crippen LogP contribution in [0.25, 0.3) is 0 Å². The van der Waals surface area contributed by atoms with Crippen LogP contribution in [0.3, 0.4) is 0 Å². The lowest BCUT2D eigenvalue weighted by Gasteiger charge is -2.28. The summed E-state index contributed by atoms with van der Waals surface area (Å²) in [7, 11) is -3.31. The molecule has 0 radical (unpaired) electrons. The summed E-state index contributed by atoms with van der Waals surface area (Å²) in [5.41, 5.74) is 1.08. The van der Waals surface area contributed by atoms with E-state index in [1.165, 1.54) is 0 Å². The largest absolute Gasteiger partial charge is 0.334 e. The van der Waals surface area contributed by atoms with Gasteiger partial charge in [0.25, 0.3) is 5.91 Å². The second-order valence-electron chi connectivity index (χ2n) is 6.14. The molecule has 1 aromatic rings. The third-order valence-electron chi connectivity index (χ3n) is 4.08. The molecule has 2 rings (SSSR count). The van der Waals surface area contributed by atoms with Gasteiger partial charge in [0, 0.05) is 30.4 Å². The topological polar surface area (TPSA) is 78.5 Å². The summed E-state index contributed by atoms with van der Waals surface area (Å²) in [4.78, 5) is 14.7. The molecule has 0 spiro atoms. The van der Waals surface area contributed by atoms with Crippen molar-refractivity contribution in [2.45, 2.75) is 39.2 Å². The van der Waals surface area contributed by atoms with E-state index in [1.54, 1.807) is 24.3 Å². The van der Waals surface area contributed by atoms with Crippen molar-refractivity contribution in [3.8, 4) is 0 Å². The Morgan fingerprint density at radius 3 is 2.44 bits per heavy atom. The van der Waals surface area contributed by atoms with Crippen LogP contribution in [0.2, 0.25) is 0 Å². The van der Waals surface area contributed by atoms with Crippen LogP contribution in [0.4, 0.5) is 5.69 Å². The summed E-state index contributed by atoms with van der Waals surface area (Å²) in [5.74, 6) is 0.0978. The predicted molar refractivity (Wildman–Crippen MR) is 104 cm³/mol. The van der Waals surface area contributed by atoms with Crippen LogP contribution in [0, 0.1) is 0 Å². The smallest absolute Gasteiger partial charge is 0.254 e. The minimum absolute atomic E-state index is 0. The zero-order valence-corrected chi connectivity index (χ0v) is 16.5. The van der Waals surface area contributed by atoms with E-state index in [0.717, 1.165) is 32.5 Å². The molecule has 1 heterocycles. The number of hydrogen-bond donors (Lipinski definition) is 2. The highest BCUT2D eigenvalue weighted by Gasteiger charge is 2.26. The van der Waals surface area contributed by atoms with Gasteiger partial charge in [-0.25, -0.2) is 8.42 Å². The molecule has 0 saturated carbocycles. The van der Waals surface area contributed by atoms with Crippen molar-refractivity contribution in [1.29, 1.82) is 0 Å². The van der Waals surface area contributed by atoms with E-state index in [4.69, 9.17) is 0 Å². The maximum atomic E-state index is 12.8. The van der Waals surface area contributed by atoms with Gasteiger partial charge in [0.15, 0.2) is 0 Å². The number of carbonyl (C=O) groups is 1. The van der Waals surface area contributed by atoms with Gasteiger partial charge in [-0.3, -0.25) is 9.52 Å². The molecule has 1 unspecified atom stereocenters. The summed E-state index contributed by atoms with van der Waals surface area (Å²) in [6.07, 6.45) is 2.45. The van der Waals surface area contributed by atoms with Crippen LogP contribution in [0.1, 0.15) is 43.5 Å². The highest BCUT2D eigenvalue weighted by molar-refractivity contribution is 7.92. The Kier molecular flexibility index (Phi) is 8.68. The lowest BCUT2D eigenvalue weighted by Crippen LogP contribution is -2.42. The summed E-state index contributed by atoms with van der Waals surface area (Å²) in [6.45, 7) is 6.39. The summed E-state index contributed by atoms with van der Waals surface area (Å²) in [5, 5.41) is 3.29. The zero-order chi connectivity index (χ0) is 17.6. The molecule has 0 aliphatic carbocycles. The predicted octanol–water partition coefficient (Wildman–Crippen LogP) is 2.47. The van der Waals surface area contributed by atoms with E-state index in [1.807, 2.05) is 11.8 Å². The second-order valence-corrected chi connectivity index (χ2v) is 7.99. The Morgan fingerprint density at radius 1 is 1.24 bits per heavy atom. The van der Waals surface area contributed by atoms with Crippen molar-refractivity contribution >= 4 is 34.0 Å². The maximum absolute atomic E-state index is 12.8. The van der Waals surface area contributed by atoms with Gasteiger partial charge in [-0.05, 0) is 50.1 Å². The van der Waals surface area contributed by atoms with Crippen molar-refractivity contribution in [2.24, 2.45) is 0 Å². The normalized spacial score (nSPS) is 17.0. The van der Waals surface area contributed by atoms with Crippen LogP contribution in [-0.2, 0) is 10.0 Å². The first-order valence-electron chi connectivity index (χ1n) is 8.59. The molecule has 25 heavy (non-hydrogen) atoms. The highest BCUT2D eigenvalue weighted by Crippen LogP contribution is 2.17. The van der Waals surface area contributed by atoms with Gasteiger partial charge in [0.2, 0.25) is 10.0 Å². The van der Waals surface area contributed by atoms with E-state index in [2.05, 4.69) is 17.0 Å². The number of benzene rings is 1. The third-order valence-corrected chi connectivity index (χ3v) is 5.57. The summed E-state index contributed by atoms with van der Waals surface area (Å²) in [6, 6.07) is 6.92. The lowest BCUT2D eigenvalue weighted by atomic mass is 10.1. The molecule has 0 aromatic heterocycles. The molecule has 6 nitrogen and oxygen atoms in total. The number of hydrogen-bond acceptors (Lipinski definition) is 4. The molecule has 2 N–H and O–H groups in total. The fourth-order valence-corrected chi connectivity index (χ4v) is 4.08. The van der Waals surface area contributed by atoms with E-state index in [9.17, 15) is 13.2 Å². The van der Waals surface area contributed by atoms with Gasteiger partial charge < -0.3 is 10.2 Å². The van der Waals surface area contributed by atoms with Crippen LogP contribution in [-0.4, -0.2) is 50.7 Å². The standard InChI is InChI=1S/C17H27N3O3S.ClH/c1-3-11-20(16-9-10-18-13-16)17(21)14-5-7-15(8-6-14)19-24(22,23)12-4-2;/h5-8,16,18-19H,3-4,9-13H2,1-2H3;1H. The van der Waals surface area contributed by atoms with Gasteiger partial charge in [-0.15, -0.1) is 12.4 Å². The van der Waals surface area contributed by atoms with Crippen molar-refractivity contribution in [1.82, 2.24) is 10.2 Å². The lowest BCUT2D eigenvalue weighted by molar-refractivity contribution is 0.0692. The molecule has 1 fully saturated rings. The maximum Gasteiger partial charge on any atom is 0.254 e. The molecule has 1 atom stereocenters. The van der Waals surface area contributed by atoms with Gasteiger partial charge in [0.05, 0.1) is 5.75 Å². The molecule has 1 aromatic carbocycles. The van der Waals surface area contributed by atoms with Gasteiger partial charge in [-0.1, -0.05) is 13.8 Å². The SMILES string of the molecule is CCCN(C(=O)c1ccc(NS(=O)(=O)CCC)cc1)C1CCNC1.Cl. The number of anilines is 1. The molecule has 1 aliphatic heterocycles. The summed E-state index contributed by atoms with van der Waals surface area (Å²) < 4.78 is 26.1. The van der Waals surface area contributed by atoms with Crippen LogP contribution < -0.4 is 10.0 Å². The Bertz CT molecular complexity index is 644. The first-order valence-corrected chi connectivity index (χ1v) is 10.2. The molecule has 8 heteroatoms. The Hall–Kier alpha value is -1.31. The number of amides is 1. The summed E-state index contributed by atoms with van der Waals surface area (Å²) >= 11 is 0. The van der Waals surface area contributed by atoms with Gasteiger partial charge >= 0.3 is 0 Å². The highest BCUT2D eigenvalue weighted by atomic mass is 35.5. The first-order chi connectivity index (χ1) is 11.5. The number of rotatable bonds is 8. The van der Waals surface area contributed by atoms with Crippen LogP contribution in [0.15, 0.2) is 24.3 Å². The van der Waals surface area contributed by atoms with E-state index < -0.39 is 10.0 Å². The van der Waals surface area contributed by atoms with Crippen LogP contribution in [0.5, 0.6) is 0 Å².